The lowest BCUT2D eigenvalue weighted by molar-refractivity contribution is -0.126. The van der Waals surface area contributed by atoms with E-state index >= 15 is 0 Å². The summed E-state index contributed by atoms with van der Waals surface area (Å²) in [4.78, 5) is 14.1. The lowest BCUT2D eigenvalue weighted by atomic mass is 9.95. The van der Waals surface area contributed by atoms with Crippen molar-refractivity contribution in [3.05, 3.63) is 12.7 Å². The number of amides is 1. The Morgan fingerprint density at radius 1 is 1.50 bits per heavy atom. The van der Waals surface area contributed by atoms with E-state index in [0.717, 1.165) is 32.1 Å². The van der Waals surface area contributed by atoms with Gasteiger partial charge in [0.1, 0.15) is 0 Å². The van der Waals surface area contributed by atoms with E-state index in [1.807, 2.05) is 6.92 Å². The number of hydrogen-bond donors (Lipinski definition) is 2. The maximum Gasteiger partial charge on any atom is 0.237 e. The average Bonchev–Trinajstić information content (AvgIpc) is 2.42. The average molecular weight is 253 g/mol. The van der Waals surface area contributed by atoms with Crippen LogP contribution in [-0.2, 0) is 4.79 Å². The third-order valence-corrected chi connectivity index (χ3v) is 3.68. The highest BCUT2D eigenvalue weighted by Gasteiger charge is 2.25. The Balaban J connectivity index is 2.28. The van der Waals surface area contributed by atoms with Gasteiger partial charge in [-0.25, -0.2) is 0 Å². The first kappa shape index (κ1) is 15.2. The minimum absolute atomic E-state index is 0.0231. The van der Waals surface area contributed by atoms with Crippen LogP contribution in [0.15, 0.2) is 12.7 Å². The predicted octanol–water partition coefficient (Wildman–Crippen LogP) is 0.999. The summed E-state index contributed by atoms with van der Waals surface area (Å²) in [5, 5.41) is 6.27. The van der Waals surface area contributed by atoms with Crippen LogP contribution in [0.2, 0.25) is 0 Å². The molecule has 0 spiro atoms. The molecule has 0 aromatic carbocycles. The van der Waals surface area contributed by atoms with E-state index in [1.165, 1.54) is 12.8 Å². The van der Waals surface area contributed by atoms with Gasteiger partial charge >= 0.3 is 0 Å². The van der Waals surface area contributed by atoms with Gasteiger partial charge in [0.2, 0.25) is 5.91 Å². The van der Waals surface area contributed by atoms with Crippen LogP contribution in [-0.4, -0.2) is 49.6 Å². The van der Waals surface area contributed by atoms with Crippen LogP contribution >= 0.6 is 0 Å². The van der Waals surface area contributed by atoms with Crippen LogP contribution in [0, 0.1) is 5.92 Å². The molecule has 0 radical (unpaired) electrons. The SMILES string of the molecule is C=CCNC(=O)C(C)N1CCC(CNCC)CC1. The summed E-state index contributed by atoms with van der Waals surface area (Å²) in [6.45, 7) is 12.5. The molecular formula is C14H27N3O. The number of likely N-dealkylation sites (tertiary alicyclic amines) is 1. The number of nitrogens with zero attached hydrogens (tertiary/aromatic N) is 1. The first-order valence-electron chi connectivity index (χ1n) is 7.02. The molecule has 0 aromatic heterocycles. The molecule has 18 heavy (non-hydrogen) atoms. The van der Waals surface area contributed by atoms with Gasteiger partial charge in [-0.2, -0.15) is 0 Å². The summed E-state index contributed by atoms with van der Waals surface area (Å²) in [5.74, 6) is 0.879. The predicted molar refractivity (Wildman–Crippen MR) is 75.5 cm³/mol. The summed E-state index contributed by atoms with van der Waals surface area (Å²) < 4.78 is 0. The third-order valence-electron chi connectivity index (χ3n) is 3.68. The van der Waals surface area contributed by atoms with Crippen LogP contribution in [0.3, 0.4) is 0 Å². The van der Waals surface area contributed by atoms with Gasteiger partial charge in [0.05, 0.1) is 6.04 Å². The molecule has 1 amide bonds. The minimum Gasteiger partial charge on any atom is -0.351 e. The second-order valence-electron chi connectivity index (χ2n) is 5.00. The van der Waals surface area contributed by atoms with Crippen LogP contribution in [0.1, 0.15) is 26.7 Å². The Hall–Kier alpha value is -0.870. The van der Waals surface area contributed by atoms with Gasteiger partial charge in [0.25, 0.3) is 0 Å². The van der Waals surface area contributed by atoms with Crippen molar-refractivity contribution in [2.75, 3.05) is 32.7 Å². The molecule has 4 nitrogen and oxygen atoms in total. The van der Waals surface area contributed by atoms with Crippen molar-refractivity contribution in [2.45, 2.75) is 32.7 Å². The molecule has 1 heterocycles. The van der Waals surface area contributed by atoms with Gasteiger partial charge < -0.3 is 10.6 Å². The lowest BCUT2D eigenvalue weighted by Gasteiger charge is -2.35. The molecule has 1 unspecified atom stereocenters. The zero-order chi connectivity index (χ0) is 13.4. The van der Waals surface area contributed by atoms with Crippen molar-refractivity contribution in [3.8, 4) is 0 Å². The van der Waals surface area contributed by atoms with Crippen molar-refractivity contribution in [2.24, 2.45) is 5.92 Å². The molecule has 0 saturated carbocycles. The largest absolute Gasteiger partial charge is 0.351 e. The quantitative estimate of drug-likeness (QED) is 0.665. The second-order valence-corrected chi connectivity index (χ2v) is 5.00. The third kappa shape index (κ3) is 4.78. The fourth-order valence-corrected chi connectivity index (χ4v) is 2.38. The molecule has 2 N–H and O–H groups in total. The molecule has 1 aliphatic rings. The molecule has 1 saturated heterocycles. The summed E-state index contributed by atoms with van der Waals surface area (Å²) in [5.41, 5.74) is 0. The molecule has 4 heteroatoms. The summed E-state index contributed by atoms with van der Waals surface area (Å²) in [6, 6.07) is -0.0231. The zero-order valence-corrected chi connectivity index (χ0v) is 11.7. The fourth-order valence-electron chi connectivity index (χ4n) is 2.38. The number of hydrogen-bond acceptors (Lipinski definition) is 3. The van der Waals surface area contributed by atoms with Crippen LogP contribution in [0.4, 0.5) is 0 Å². The van der Waals surface area contributed by atoms with E-state index in [2.05, 4.69) is 29.0 Å². The maximum atomic E-state index is 11.8. The first-order valence-corrected chi connectivity index (χ1v) is 7.02. The monoisotopic (exact) mass is 253 g/mol. The molecule has 0 aromatic rings. The Labute approximate surface area is 111 Å². The Morgan fingerprint density at radius 2 is 2.17 bits per heavy atom. The van der Waals surface area contributed by atoms with E-state index in [1.54, 1.807) is 6.08 Å². The molecule has 1 rings (SSSR count). The van der Waals surface area contributed by atoms with Crippen molar-refractivity contribution >= 4 is 5.91 Å². The number of carbonyl (C=O) groups is 1. The Kier molecular flexibility index (Phi) is 6.98. The van der Waals surface area contributed by atoms with Gasteiger partial charge in [-0.15, -0.1) is 6.58 Å². The lowest BCUT2D eigenvalue weighted by Crippen LogP contribution is -2.49. The minimum atomic E-state index is -0.0231. The highest BCUT2D eigenvalue weighted by atomic mass is 16.2. The molecular weight excluding hydrogens is 226 g/mol. The van der Waals surface area contributed by atoms with Gasteiger partial charge in [-0.05, 0) is 51.9 Å². The molecule has 1 aliphatic heterocycles. The first-order chi connectivity index (χ1) is 8.69. The highest BCUT2D eigenvalue weighted by molar-refractivity contribution is 5.81. The standard InChI is InChI=1S/C14H27N3O/c1-4-8-16-14(18)12(3)17-9-6-13(7-10-17)11-15-5-2/h4,12-13,15H,1,5-11H2,2-3H3,(H,16,18). The van der Waals surface area contributed by atoms with Gasteiger partial charge in [-0.1, -0.05) is 13.0 Å². The summed E-state index contributed by atoms with van der Waals surface area (Å²) in [6.07, 6.45) is 4.09. The van der Waals surface area contributed by atoms with Gasteiger partial charge in [-0.3, -0.25) is 9.69 Å². The Bertz CT molecular complexity index is 260. The van der Waals surface area contributed by atoms with E-state index in [9.17, 15) is 4.79 Å². The Morgan fingerprint density at radius 3 is 2.72 bits per heavy atom. The fraction of sp³-hybridized carbons (Fsp3) is 0.786. The molecule has 1 fully saturated rings. The zero-order valence-electron chi connectivity index (χ0n) is 11.7. The molecule has 1 atom stereocenters. The van der Waals surface area contributed by atoms with E-state index in [-0.39, 0.29) is 11.9 Å². The maximum absolute atomic E-state index is 11.8. The van der Waals surface area contributed by atoms with Crippen molar-refractivity contribution < 1.29 is 4.79 Å². The van der Waals surface area contributed by atoms with Crippen molar-refractivity contribution in [1.82, 2.24) is 15.5 Å². The molecule has 104 valence electrons. The topological polar surface area (TPSA) is 44.4 Å². The number of carbonyl (C=O) groups excluding carboxylic acids is 1. The van der Waals surface area contributed by atoms with Gasteiger partial charge in [0.15, 0.2) is 0 Å². The number of rotatable bonds is 7. The summed E-state index contributed by atoms with van der Waals surface area (Å²) in [7, 11) is 0. The smallest absolute Gasteiger partial charge is 0.237 e. The van der Waals surface area contributed by atoms with Crippen LogP contribution < -0.4 is 10.6 Å². The van der Waals surface area contributed by atoms with Crippen molar-refractivity contribution in [3.63, 3.8) is 0 Å². The van der Waals surface area contributed by atoms with Crippen LogP contribution in [0.5, 0.6) is 0 Å². The normalized spacial score (nSPS) is 19.4. The summed E-state index contributed by atoms with van der Waals surface area (Å²) >= 11 is 0. The van der Waals surface area contributed by atoms with E-state index in [0.29, 0.717) is 6.54 Å². The van der Waals surface area contributed by atoms with E-state index < -0.39 is 0 Å². The van der Waals surface area contributed by atoms with Gasteiger partial charge in [0, 0.05) is 6.54 Å². The highest BCUT2D eigenvalue weighted by Crippen LogP contribution is 2.18. The second kappa shape index (κ2) is 8.27. The number of piperidine rings is 1. The van der Waals surface area contributed by atoms with E-state index in [4.69, 9.17) is 0 Å². The number of nitrogens with one attached hydrogen (secondary N) is 2. The molecule has 0 aliphatic carbocycles. The van der Waals surface area contributed by atoms with Crippen LogP contribution in [0.25, 0.3) is 0 Å². The van der Waals surface area contributed by atoms with Crippen molar-refractivity contribution in [1.29, 1.82) is 0 Å². The molecule has 0 bridgehead atoms.